The highest BCUT2D eigenvalue weighted by Gasteiger charge is 2.63. The molecule has 0 aromatic rings. The van der Waals surface area contributed by atoms with Crippen molar-refractivity contribution in [1.29, 1.82) is 0 Å². The number of oxime groups is 1. The second-order valence-corrected chi connectivity index (χ2v) is 13.7. The number of carboxylic acids is 1. The molecular weight excluding hydrogens is 538 g/mol. The van der Waals surface area contributed by atoms with E-state index in [2.05, 4.69) is 41.6 Å². The number of aliphatic carboxylic acids is 1. The number of rotatable bonds is 9. The molecule has 0 radical (unpaired) electrons. The summed E-state index contributed by atoms with van der Waals surface area (Å²) in [6.07, 6.45) is 14.0. The van der Waals surface area contributed by atoms with Gasteiger partial charge < -0.3 is 30.8 Å². The third-order valence-electron chi connectivity index (χ3n) is 11.1. The molecule has 4 aliphatic carbocycles. The molecule has 10 heteroatoms. The number of aliphatic hydroxyl groups is 2. The summed E-state index contributed by atoms with van der Waals surface area (Å²) in [6.45, 7) is 8.89. The van der Waals surface area contributed by atoms with Gasteiger partial charge in [0.25, 0.3) is 5.91 Å². The Bertz CT molecular complexity index is 1190. The van der Waals surface area contributed by atoms with E-state index in [0.29, 0.717) is 24.2 Å². The van der Waals surface area contributed by atoms with Crippen LogP contribution >= 0.6 is 0 Å². The molecule has 4 aliphatic rings. The number of hydrogen-bond acceptors (Lipinski definition) is 7. The van der Waals surface area contributed by atoms with Crippen LogP contribution in [0.3, 0.4) is 0 Å². The number of aliphatic hydroxyl groups excluding tert-OH is 1. The maximum atomic E-state index is 12.7. The lowest BCUT2D eigenvalue weighted by molar-refractivity contribution is -0.145. The molecule has 0 bridgehead atoms. The van der Waals surface area contributed by atoms with E-state index in [1.807, 2.05) is 0 Å². The second-order valence-electron chi connectivity index (χ2n) is 13.7. The molecule has 10 nitrogen and oxygen atoms in total. The summed E-state index contributed by atoms with van der Waals surface area (Å²) < 4.78 is 0. The zero-order valence-electron chi connectivity index (χ0n) is 25.5. The highest BCUT2D eigenvalue weighted by Crippen LogP contribution is 2.67. The van der Waals surface area contributed by atoms with Crippen molar-refractivity contribution < 1.29 is 34.5 Å². The number of carbonyl (C=O) groups excluding carboxylic acids is 2. The number of amides is 2. The van der Waals surface area contributed by atoms with Crippen LogP contribution in [0.5, 0.6) is 0 Å². The normalized spacial score (nSPS) is 36.8. The lowest BCUT2D eigenvalue weighted by atomic mass is 9.46. The molecule has 5 N–H and O–H groups in total. The van der Waals surface area contributed by atoms with E-state index >= 15 is 0 Å². The zero-order chi connectivity index (χ0) is 31.0. The van der Waals surface area contributed by atoms with Gasteiger partial charge in [0.05, 0.1) is 11.8 Å². The van der Waals surface area contributed by atoms with E-state index in [1.165, 1.54) is 12.5 Å². The number of terminal acetylenes is 1. The molecule has 0 saturated heterocycles. The molecule has 0 heterocycles. The van der Waals surface area contributed by atoms with Crippen LogP contribution in [0.15, 0.2) is 16.8 Å². The van der Waals surface area contributed by atoms with Gasteiger partial charge >= 0.3 is 5.97 Å². The Labute approximate surface area is 248 Å². The first-order valence-corrected chi connectivity index (χ1v) is 15.3. The van der Waals surface area contributed by atoms with Gasteiger partial charge in [0, 0.05) is 5.41 Å². The minimum absolute atomic E-state index is 0.0647. The van der Waals surface area contributed by atoms with E-state index in [9.17, 15) is 29.7 Å². The number of carbonyl (C=O) groups is 3. The fourth-order valence-electron chi connectivity index (χ4n) is 8.45. The maximum Gasteiger partial charge on any atom is 0.328 e. The Kier molecular flexibility index (Phi) is 9.15. The van der Waals surface area contributed by atoms with Crippen LogP contribution in [-0.2, 0) is 19.2 Å². The van der Waals surface area contributed by atoms with Gasteiger partial charge in [0.2, 0.25) is 5.91 Å². The largest absolute Gasteiger partial charge is 0.480 e. The average molecular weight is 586 g/mol. The van der Waals surface area contributed by atoms with Gasteiger partial charge in [0.1, 0.15) is 11.6 Å². The number of carboxylic acid groups (broad SMARTS) is 1. The molecule has 0 aromatic carbocycles. The summed E-state index contributed by atoms with van der Waals surface area (Å²) in [5.41, 5.74) is 0.998. The number of allylic oxidation sites excluding steroid dienone is 2. The van der Waals surface area contributed by atoms with Crippen molar-refractivity contribution in [2.24, 2.45) is 39.7 Å². The predicted octanol–water partition coefficient (Wildman–Crippen LogP) is 2.78. The van der Waals surface area contributed by atoms with Crippen molar-refractivity contribution in [2.45, 2.75) is 110 Å². The number of hydrogen-bond donors (Lipinski definition) is 5. The lowest BCUT2D eigenvalue weighted by Gasteiger charge is -2.58. The molecule has 232 valence electrons. The summed E-state index contributed by atoms with van der Waals surface area (Å²) in [7, 11) is 0. The molecule has 9 atom stereocenters. The van der Waals surface area contributed by atoms with Crippen LogP contribution in [0.2, 0.25) is 0 Å². The Morgan fingerprint density at radius 3 is 2.38 bits per heavy atom. The zero-order valence-corrected chi connectivity index (χ0v) is 25.5. The van der Waals surface area contributed by atoms with Gasteiger partial charge in [-0.1, -0.05) is 44.3 Å². The van der Waals surface area contributed by atoms with Gasteiger partial charge in [-0.05, 0) is 93.5 Å². The molecule has 0 aromatic heterocycles. The van der Waals surface area contributed by atoms with Crippen LogP contribution < -0.4 is 10.6 Å². The van der Waals surface area contributed by atoms with Gasteiger partial charge in [-0.15, -0.1) is 6.42 Å². The highest BCUT2D eigenvalue weighted by molar-refractivity contribution is 5.96. The minimum atomic E-state index is -1.49. The van der Waals surface area contributed by atoms with Crippen molar-refractivity contribution in [3.05, 3.63) is 11.6 Å². The topological polar surface area (TPSA) is 158 Å². The summed E-state index contributed by atoms with van der Waals surface area (Å²) >= 11 is 0. The number of nitrogens with zero attached hydrogens (tertiary/aromatic N) is 1. The van der Waals surface area contributed by atoms with Gasteiger partial charge in [0.15, 0.2) is 12.6 Å². The Morgan fingerprint density at radius 2 is 1.76 bits per heavy atom. The van der Waals surface area contributed by atoms with Crippen molar-refractivity contribution in [1.82, 2.24) is 10.6 Å². The minimum Gasteiger partial charge on any atom is -0.480 e. The third-order valence-corrected chi connectivity index (χ3v) is 11.1. The van der Waals surface area contributed by atoms with E-state index in [0.717, 1.165) is 50.7 Å². The summed E-state index contributed by atoms with van der Waals surface area (Å²) in [5.74, 6) is 1.31. The predicted molar refractivity (Wildman–Crippen MR) is 157 cm³/mol. The maximum absolute atomic E-state index is 12.7. The van der Waals surface area contributed by atoms with Crippen molar-refractivity contribution >= 4 is 23.5 Å². The average Bonchev–Trinajstić information content (AvgIpc) is 3.20. The van der Waals surface area contributed by atoms with E-state index < -0.39 is 41.6 Å². The summed E-state index contributed by atoms with van der Waals surface area (Å²) in [5, 5.41) is 39.2. The van der Waals surface area contributed by atoms with Gasteiger partial charge in [-0.25, -0.2) is 4.79 Å². The highest BCUT2D eigenvalue weighted by atomic mass is 16.6. The Morgan fingerprint density at radius 1 is 1.07 bits per heavy atom. The van der Waals surface area contributed by atoms with Crippen LogP contribution in [0, 0.1) is 46.8 Å². The second kappa shape index (κ2) is 12.0. The Hall–Kier alpha value is -2.90. The fraction of sp³-hybridized carbons (Fsp3) is 0.750. The molecular formula is C32H47N3O7. The first kappa shape index (κ1) is 32.0. The molecule has 42 heavy (non-hydrogen) atoms. The molecule has 0 unspecified atom stereocenters. The fourth-order valence-corrected chi connectivity index (χ4v) is 8.45. The van der Waals surface area contributed by atoms with Crippen molar-refractivity contribution in [2.75, 3.05) is 6.61 Å². The van der Waals surface area contributed by atoms with Crippen molar-refractivity contribution in [3.8, 4) is 12.3 Å². The molecule has 0 spiro atoms. The smallest absolute Gasteiger partial charge is 0.328 e. The van der Waals surface area contributed by atoms with Crippen LogP contribution in [0.1, 0.15) is 86.0 Å². The number of fused-ring (bicyclic) bond motifs is 5. The molecule has 0 aliphatic heterocycles. The van der Waals surface area contributed by atoms with Crippen LogP contribution in [0.4, 0.5) is 0 Å². The molecule has 3 fully saturated rings. The monoisotopic (exact) mass is 585 g/mol. The molecule has 3 saturated carbocycles. The quantitative estimate of drug-likeness (QED) is 0.206. The summed E-state index contributed by atoms with van der Waals surface area (Å²) in [4.78, 5) is 42.0. The SMILES string of the molecule is C#C[C@@]1(O)CC[C@H]2[C@@H]3CCC4=C/C(=N\OCC(=O)N[C@@H](C(=O)N[C@H](C(=O)O)[C@H](C)O)C(C)C)CC[C@]4(C)[C@H]3CC[C@@]21C. The number of nitrogens with one attached hydrogen (secondary N) is 2. The Balaban J connectivity index is 1.36. The molecule has 4 rings (SSSR count). The lowest BCUT2D eigenvalue weighted by Crippen LogP contribution is -2.56. The van der Waals surface area contributed by atoms with Gasteiger partial charge in [-0.2, -0.15) is 0 Å². The first-order valence-electron chi connectivity index (χ1n) is 15.3. The van der Waals surface area contributed by atoms with E-state index in [4.69, 9.17) is 11.3 Å². The van der Waals surface area contributed by atoms with Crippen LogP contribution in [-0.4, -0.2) is 69.2 Å². The van der Waals surface area contributed by atoms with Crippen LogP contribution in [0.25, 0.3) is 0 Å². The summed E-state index contributed by atoms with van der Waals surface area (Å²) in [6, 6.07) is -2.49. The first-order chi connectivity index (χ1) is 19.7. The van der Waals surface area contributed by atoms with E-state index in [1.54, 1.807) is 13.8 Å². The van der Waals surface area contributed by atoms with Crippen molar-refractivity contribution in [3.63, 3.8) is 0 Å². The standard InChI is InChI=1S/C32H47N3O7/c1-7-32(41)15-12-24-22-9-8-20-16-21(10-13-30(20,5)23(22)11-14-31(24,32)6)35-42-17-25(37)33-26(18(2)3)28(38)34-27(19(4)36)29(39)40/h1,16,18-19,22-24,26-27,36,41H,8-15,17H2,2-6H3,(H,33,37)(H,34,38)(H,39,40)/b35-21-/t19-,22+,23-,24-,26+,27-,30-,31-,32+/m0/s1. The van der Waals surface area contributed by atoms with Gasteiger partial charge in [-0.3, -0.25) is 9.59 Å². The van der Waals surface area contributed by atoms with E-state index in [-0.39, 0.29) is 23.4 Å². The molecule has 2 amide bonds. The third kappa shape index (κ3) is 5.70.